The van der Waals surface area contributed by atoms with Gasteiger partial charge in [0.05, 0.1) is 6.04 Å². The van der Waals surface area contributed by atoms with Crippen LogP contribution in [0, 0.1) is 5.41 Å². The summed E-state index contributed by atoms with van der Waals surface area (Å²) >= 11 is 0. The van der Waals surface area contributed by atoms with Gasteiger partial charge in [0.2, 0.25) is 0 Å². The SMILES string of the molecule is CC1(C)CC(C=O)N(Cc2ccccc2)C1. The lowest BCUT2D eigenvalue weighted by Crippen LogP contribution is -2.30. The minimum absolute atomic E-state index is 0.0928. The van der Waals surface area contributed by atoms with E-state index < -0.39 is 0 Å². The number of hydrogen-bond acceptors (Lipinski definition) is 2. The molecule has 0 spiro atoms. The zero-order valence-corrected chi connectivity index (χ0v) is 10.0. The molecule has 1 heterocycles. The number of benzene rings is 1. The molecular formula is C14H19NO. The summed E-state index contributed by atoms with van der Waals surface area (Å²) in [7, 11) is 0. The van der Waals surface area contributed by atoms with Crippen molar-refractivity contribution in [1.29, 1.82) is 0 Å². The van der Waals surface area contributed by atoms with Crippen molar-refractivity contribution in [1.82, 2.24) is 4.90 Å². The second-order valence-corrected chi connectivity index (χ2v) is 5.46. The number of hydrogen-bond donors (Lipinski definition) is 0. The molecule has 1 aliphatic rings. The second-order valence-electron chi connectivity index (χ2n) is 5.46. The summed E-state index contributed by atoms with van der Waals surface area (Å²) in [6, 6.07) is 10.4. The Morgan fingerprint density at radius 2 is 2.06 bits per heavy atom. The molecule has 2 nitrogen and oxygen atoms in total. The minimum Gasteiger partial charge on any atom is -0.302 e. The highest BCUT2D eigenvalue weighted by atomic mass is 16.1. The molecule has 1 saturated heterocycles. The molecule has 0 N–H and O–H groups in total. The van der Waals surface area contributed by atoms with Crippen LogP contribution in [0.15, 0.2) is 30.3 Å². The Morgan fingerprint density at radius 3 is 2.69 bits per heavy atom. The van der Waals surface area contributed by atoms with Crippen molar-refractivity contribution >= 4 is 6.29 Å². The molecule has 1 unspecified atom stereocenters. The summed E-state index contributed by atoms with van der Waals surface area (Å²) in [4.78, 5) is 13.3. The van der Waals surface area contributed by atoms with Gasteiger partial charge in [0.15, 0.2) is 0 Å². The Morgan fingerprint density at radius 1 is 1.38 bits per heavy atom. The van der Waals surface area contributed by atoms with Crippen molar-refractivity contribution in [3.63, 3.8) is 0 Å². The topological polar surface area (TPSA) is 20.3 Å². The van der Waals surface area contributed by atoms with E-state index in [1.54, 1.807) is 0 Å². The zero-order valence-electron chi connectivity index (χ0n) is 10.0. The summed E-state index contributed by atoms with van der Waals surface area (Å²) in [5.74, 6) is 0. The predicted octanol–water partition coefficient (Wildman–Crippen LogP) is 2.49. The maximum absolute atomic E-state index is 11.1. The normalized spacial score (nSPS) is 24.5. The average Bonchev–Trinajstić information content (AvgIpc) is 2.54. The van der Waals surface area contributed by atoms with Gasteiger partial charge in [-0.15, -0.1) is 0 Å². The van der Waals surface area contributed by atoms with Crippen LogP contribution in [0.4, 0.5) is 0 Å². The van der Waals surface area contributed by atoms with E-state index in [2.05, 4.69) is 30.9 Å². The largest absolute Gasteiger partial charge is 0.302 e. The summed E-state index contributed by atoms with van der Waals surface area (Å²) in [6.07, 6.45) is 2.07. The summed E-state index contributed by atoms with van der Waals surface area (Å²) in [6.45, 7) is 6.35. The van der Waals surface area contributed by atoms with Gasteiger partial charge in [-0.1, -0.05) is 44.2 Å². The van der Waals surface area contributed by atoms with Crippen LogP contribution in [-0.2, 0) is 11.3 Å². The van der Waals surface area contributed by atoms with Gasteiger partial charge in [0, 0.05) is 13.1 Å². The molecule has 86 valence electrons. The predicted molar refractivity (Wildman–Crippen MR) is 65.1 cm³/mol. The summed E-state index contributed by atoms with van der Waals surface area (Å²) < 4.78 is 0. The molecule has 0 saturated carbocycles. The van der Waals surface area contributed by atoms with Crippen molar-refractivity contribution < 1.29 is 4.79 Å². The van der Waals surface area contributed by atoms with Gasteiger partial charge in [0.25, 0.3) is 0 Å². The first-order chi connectivity index (χ1) is 7.61. The monoisotopic (exact) mass is 217 g/mol. The number of carbonyl (C=O) groups is 1. The fourth-order valence-electron chi connectivity index (χ4n) is 2.55. The van der Waals surface area contributed by atoms with E-state index in [-0.39, 0.29) is 11.5 Å². The van der Waals surface area contributed by atoms with Crippen molar-refractivity contribution in [2.24, 2.45) is 5.41 Å². The zero-order chi connectivity index (χ0) is 11.6. The van der Waals surface area contributed by atoms with E-state index in [0.717, 1.165) is 25.8 Å². The molecule has 0 radical (unpaired) electrons. The van der Waals surface area contributed by atoms with Crippen LogP contribution in [-0.4, -0.2) is 23.8 Å². The Balaban J connectivity index is 2.07. The molecule has 1 aromatic carbocycles. The molecular weight excluding hydrogens is 198 g/mol. The van der Waals surface area contributed by atoms with Gasteiger partial charge in [-0.3, -0.25) is 4.90 Å². The molecule has 16 heavy (non-hydrogen) atoms. The molecule has 0 bridgehead atoms. The molecule has 0 aliphatic carbocycles. The summed E-state index contributed by atoms with van der Waals surface area (Å²) in [5.41, 5.74) is 1.55. The maximum atomic E-state index is 11.1. The van der Waals surface area contributed by atoms with Crippen LogP contribution in [0.1, 0.15) is 25.8 Å². The lowest BCUT2D eigenvalue weighted by Gasteiger charge is -2.21. The molecule has 1 atom stereocenters. The van der Waals surface area contributed by atoms with Crippen molar-refractivity contribution in [2.45, 2.75) is 32.9 Å². The van der Waals surface area contributed by atoms with Gasteiger partial charge >= 0.3 is 0 Å². The van der Waals surface area contributed by atoms with Crippen molar-refractivity contribution in [3.8, 4) is 0 Å². The van der Waals surface area contributed by atoms with E-state index in [0.29, 0.717) is 0 Å². The van der Waals surface area contributed by atoms with E-state index in [9.17, 15) is 4.79 Å². The van der Waals surface area contributed by atoms with E-state index in [4.69, 9.17) is 0 Å². The summed E-state index contributed by atoms with van der Waals surface area (Å²) in [5, 5.41) is 0. The fourth-order valence-corrected chi connectivity index (χ4v) is 2.55. The molecule has 2 rings (SSSR count). The Labute approximate surface area is 97.3 Å². The molecule has 0 amide bonds. The number of nitrogens with zero attached hydrogens (tertiary/aromatic N) is 1. The average molecular weight is 217 g/mol. The lowest BCUT2D eigenvalue weighted by molar-refractivity contribution is -0.111. The van der Waals surface area contributed by atoms with E-state index in [1.165, 1.54) is 5.56 Å². The number of aldehydes is 1. The smallest absolute Gasteiger partial charge is 0.137 e. The van der Waals surface area contributed by atoms with Gasteiger partial charge < -0.3 is 4.79 Å². The van der Waals surface area contributed by atoms with Gasteiger partial charge in [-0.25, -0.2) is 0 Å². The molecule has 1 fully saturated rings. The van der Waals surface area contributed by atoms with E-state index >= 15 is 0 Å². The highest BCUT2D eigenvalue weighted by Gasteiger charge is 2.36. The van der Waals surface area contributed by atoms with Crippen molar-refractivity contribution in [2.75, 3.05) is 6.54 Å². The molecule has 1 aromatic rings. The van der Waals surface area contributed by atoms with Crippen LogP contribution in [0.25, 0.3) is 0 Å². The van der Waals surface area contributed by atoms with Crippen molar-refractivity contribution in [3.05, 3.63) is 35.9 Å². The van der Waals surface area contributed by atoms with Crippen LogP contribution >= 0.6 is 0 Å². The Bertz CT molecular complexity index is 358. The molecule has 2 heteroatoms. The van der Waals surface area contributed by atoms with Crippen LogP contribution < -0.4 is 0 Å². The van der Waals surface area contributed by atoms with Gasteiger partial charge in [-0.2, -0.15) is 0 Å². The molecule has 0 aromatic heterocycles. The first-order valence-electron chi connectivity index (χ1n) is 5.84. The first kappa shape index (κ1) is 11.3. The second kappa shape index (κ2) is 4.38. The minimum atomic E-state index is 0.0928. The van der Waals surface area contributed by atoms with Gasteiger partial charge in [0.1, 0.15) is 6.29 Å². The third-order valence-electron chi connectivity index (χ3n) is 3.25. The fraction of sp³-hybridized carbons (Fsp3) is 0.500. The van der Waals surface area contributed by atoms with Gasteiger partial charge in [-0.05, 0) is 17.4 Å². The lowest BCUT2D eigenvalue weighted by atomic mass is 9.91. The van der Waals surface area contributed by atoms with Crippen LogP contribution in [0.2, 0.25) is 0 Å². The molecule has 1 aliphatic heterocycles. The highest BCUT2D eigenvalue weighted by molar-refractivity contribution is 5.58. The Hall–Kier alpha value is -1.15. The number of rotatable bonds is 3. The maximum Gasteiger partial charge on any atom is 0.137 e. The standard InChI is InChI=1S/C14H19NO/c1-14(2)8-13(10-16)15(11-14)9-12-6-4-3-5-7-12/h3-7,10,13H,8-9,11H2,1-2H3. The highest BCUT2D eigenvalue weighted by Crippen LogP contribution is 2.33. The third kappa shape index (κ3) is 2.50. The first-order valence-corrected chi connectivity index (χ1v) is 5.84. The third-order valence-corrected chi connectivity index (χ3v) is 3.25. The number of carbonyl (C=O) groups excluding carboxylic acids is 1. The van der Waals surface area contributed by atoms with Crippen LogP contribution in [0.3, 0.4) is 0 Å². The quantitative estimate of drug-likeness (QED) is 0.725. The van der Waals surface area contributed by atoms with E-state index in [1.807, 2.05) is 18.2 Å². The Kier molecular flexibility index (Phi) is 3.10. The van der Waals surface area contributed by atoms with Crippen LogP contribution in [0.5, 0.6) is 0 Å². The number of likely N-dealkylation sites (tertiary alicyclic amines) is 1.